The highest BCUT2D eigenvalue weighted by Gasteiger charge is 2.37. The predicted molar refractivity (Wildman–Crippen MR) is 91.1 cm³/mol. The molecule has 0 radical (unpaired) electrons. The Kier molecular flexibility index (Phi) is 5.26. The minimum absolute atomic E-state index is 0.218. The maximum Gasteiger partial charge on any atom is 0.325 e. The zero-order chi connectivity index (χ0) is 17.9. The number of amides is 4. The third kappa shape index (κ3) is 3.75. The highest BCUT2D eigenvalue weighted by molar-refractivity contribution is 6.38. The summed E-state index contributed by atoms with van der Waals surface area (Å²) in [5.41, 5.74) is 0.722. The van der Waals surface area contributed by atoms with Gasteiger partial charge in [-0.25, -0.2) is 4.79 Å². The van der Waals surface area contributed by atoms with E-state index in [4.69, 9.17) is 0 Å². The summed E-state index contributed by atoms with van der Waals surface area (Å²) >= 11 is 0. The number of benzene rings is 1. The number of rotatable bonds is 3. The van der Waals surface area contributed by atoms with Crippen molar-refractivity contribution in [2.45, 2.75) is 33.7 Å². The monoisotopic (exact) mass is 331 g/mol. The molecular formula is C18H25N3O3. The van der Waals surface area contributed by atoms with E-state index in [1.165, 1.54) is 4.90 Å². The number of likely N-dealkylation sites (N-methyl/N-ethyl adjacent to an activating group) is 1. The second-order valence-corrected chi connectivity index (χ2v) is 7.00. The van der Waals surface area contributed by atoms with Gasteiger partial charge in [0.15, 0.2) is 0 Å². The number of hydrogen-bond donors (Lipinski definition) is 1. The summed E-state index contributed by atoms with van der Waals surface area (Å²) in [6.07, 6.45) is 0. The van der Waals surface area contributed by atoms with Gasteiger partial charge in [0.25, 0.3) is 0 Å². The lowest BCUT2D eigenvalue weighted by atomic mass is 9.82. The Bertz CT molecular complexity index is 622. The molecule has 1 aromatic carbocycles. The minimum atomic E-state index is -0.763. The highest BCUT2D eigenvalue weighted by Crippen LogP contribution is 2.32. The van der Waals surface area contributed by atoms with Gasteiger partial charge in [-0.1, -0.05) is 51.1 Å². The van der Waals surface area contributed by atoms with Gasteiger partial charge in [-0.3, -0.25) is 14.5 Å². The smallest absolute Gasteiger partial charge is 0.325 e. The van der Waals surface area contributed by atoms with E-state index in [1.807, 2.05) is 58.0 Å². The third-order valence-electron chi connectivity index (χ3n) is 4.20. The first-order valence-corrected chi connectivity index (χ1v) is 8.22. The molecule has 0 bridgehead atoms. The number of nitrogens with one attached hydrogen (secondary N) is 1. The number of hydrogen-bond acceptors (Lipinski definition) is 3. The van der Waals surface area contributed by atoms with Crippen molar-refractivity contribution in [1.82, 2.24) is 15.1 Å². The second-order valence-electron chi connectivity index (χ2n) is 7.00. The van der Waals surface area contributed by atoms with Crippen LogP contribution in [-0.4, -0.2) is 47.3 Å². The molecule has 0 saturated carbocycles. The van der Waals surface area contributed by atoms with E-state index in [1.54, 1.807) is 0 Å². The zero-order valence-electron chi connectivity index (χ0n) is 14.7. The second kappa shape index (κ2) is 7.03. The van der Waals surface area contributed by atoms with Crippen LogP contribution in [0.2, 0.25) is 0 Å². The molecule has 1 saturated heterocycles. The van der Waals surface area contributed by atoms with Crippen molar-refractivity contribution in [3.63, 3.8) is 0 Å². The van der Waals surface area contributed by atoms with Gasteiger partial charge in [0.05, 0.1) is 6.04 Å². The van der Waals surface area contributed by atoms with Gasteiger partial charge in [-0.05, 0) is 17.9 Å². The number of urea groups is 1. The Balaban J connectivity index is 2.17. The van der Waals surface area contributed by atoms with Gasteiger partial charge >= 0.3 is 17.8 Å². The molecule has 1 atom stereocenters. The molecule has 6 nitrogen and oxygen atoms in total. The molecule has 0 spiro atoms. The summed E-state index contributed by atoms with van der Waals surface area (Å²) in [4.78, 5) is 39.2. The molecule has 0 aromatic heterocycles. The van der Waals surface area contributed by atoms with Crippen molar-refractivity contribution in [3.05, 3.63) is 35.9 Å². The lowest BCUT2D eigenvalue weighted by molar-refractivity contribution is -0.153. The molecule has 24 heavy (non-hydrogen) atoms. The van der Waals surface area contributed by atoms with Gasteiger partial charge < -0.3 is 10.2 Å². The molecular weight excluding hydrogens is 306 g/mol. The summed E-state index contributed by atoms with van der Waals surface area (Å²) in [7, 11) is 0. The fourth-order valence-corrected chi connectivity index (χ4v) is 2.82. The molecule has 2 rings (SSSR count). The van der Waals surface area contributed by atoms with Crippen LogP contribution in [0.3, 0.4) is 0 Å². The highest BCUT2D eigenvalue weighted by atomic mass is 16.2. The fraction of sp³-hybridized carbons (Fsp3) is 0.500. The third-order valence-corrected chi connectivity index (χ3v) is 4.20. The molecule has 1 aromatic rings. The van der Waals surface area contributed by atoms with Gasteiger partial charge in [-0.2, -0.15) is 0 Å². The molecule has 1 aliphatic rings. The first-order chi connectivity index (χ1) is 11.3. The summed E-state index contributed by atoms with van der Waals surface area (Å²) in [5, 5.41) is 2.92. The maximum absolute atomic E-state index is 12.6. The molecule has 0 unspecified atom stereocenters. The average Bonchev–Trinajstić information content (AvgIpc) is 2.54. The number of piperazine rings is 1. The molecule has 1 N–H and O–H groups in total. The molecule has 1 fully saturated rings. The van der Waals surface area contributed by atoms with Crippen molar-refractivity contribution in [1.29, 1.82) is 0 Å². The van der Waals surface area contributed by atoms with Crippen LogP contribution in [0.25, 0.3) is 0 Å². The van der Waals surface area contributed by atoms with E-state index >= 15 is 0 Å². The molecule has 0 aliphatic carbocycles. The average molecular weight is 331 g/mol. The molecule has 6 heteroatoms. The summed E-state index contributed by atoms with van der Waals surface area (Å²) in [6.45, 7) is 8.93. The van der Waals surface area contributed by atoms with E-state index in [0.717, 1.165) is 10.5 Å². The van der Waals surface area contributed by atoms with E-state index in [0.29, 0.717) is 13.1 Å². The molecule has 1 heterocycles. The Hall–Kier alpha value is -2.37. The van der Waals surface area contributed by atoms with Crippen molar-refractivity contribution in [2.24, 2.45) is 5.41 Å². The van der Waals surface area contributed by atoms with Crippen LogP contribution < -0.4 is 5.32 Å². The van der Waals surface area contributed by atoms with Gasteiger partial charge in [0.1, 0.15) is 0 Å². The minimum Gasteiger partial charge on any atom is -0.333 e. The largest absolute Gasteiger partial charge is 0.333 e. The van der Waals surface area contributed by atoms with Crippen LogP contribution in [0.1, 0.15) is 39.3 Å². The Morgan fingerprint density at radius 2 is 1.75 bits per heavy atom. The quantitative estimate of drug-likeness (QED) is 0.863. The molecule has 130 valence electrons. The number of imide groups is 1. The summed E-state index contributed by atoms with van der Waals surface area (Å²) in [6, 6.07) is 8.84. The van der Waals surface area contributed by atoms with Crippen LogP contribution >= 0.6 is 0 Å². The van der Waals surface area contributed by atoms with Crippen molar-refractivity contribution >= 4 is 17.8 Å². The number of carbonyl (C=O) groups excluding carboxylic acids is 3. The van der Waals surface area contributed by atoms with Crippen LogP contribution in [0.15, 0.2) is 30.3 Å². The number of carbonyl (C=O) groups is 3. The van der Waals surface area contributed by atoms with Crippen molar-refractivity contribution in [2.75, 3.05) is 19.6 Å². The standard InChI is InChI=1S/C18H25N3O3/c1-5-20-11-12-21(16(23)15(20)22)17(24)19-14(18(2,3)4)13-9-7-6-8-10-13/h6-10,14H,5,11-12H2,1-4H3,(H,19,24)/t14-/m1/s1. The van der Waals surface area contributed by atoms with E-state index in [9.17, 15) is 14.4 Å². The van der Waals surface area contributed by atoms with Crippen LogP contribution in [0.4, 0.5) is 4.79 Å². The lowest BCUT2D eigenvalue weighted by Crippen LogP contribution is -2.58. The molecule has 1 aliphatic heterocycles. The normalized spacial score (nSPS) is 17.0. The summed E-state index contributed by atoms with van der Waals surface area (Å²) in [5.74, 6) is -1.38. The van der Waals surface area contributed by atoms with Crippen LogP contribution in [-0.2, 0) is 9.59 Å². The molecule has 4 amide bonds. The van der Waals surface area contributed by atoms with Crippen LogP contribution in [0, 0.1) is 5.41 Å². The van der Waals surface area contributed by atoms with E-state index in [-0.39, 0.29) is 18.0 Å². The van der Waals surface area contributed by atoms with Crippen LogP contribution in [0.5, 0.6) is 0 Å². The lowest BCUT2D eigenvalue weighted by Gasteiger charge is -2.36. The Morgan fingerprint density at radius 1 is 1.12 bits per heavy atom. The fourth-order valence-electron chi connectivity index (χ4n) is 2.82. The Morgan fingerprint density at radius 3 is 2.29 bits per heavy atom. The number of nitrogens with zero attached hydrogens (tertiary/aromatic N) is 2. The zero-order valence-corrected chi connectivity index (χ0v) is 14.7. The van der Waals surface area contributed by atoms with Gasteiger partial charge in [0.2, 0.25) is 0 Å². The first kappa shape index (κ1) is 18.0. The van der Waals surface area contributed by atoms with Gasteiger partial charge in [0, 0.05) is 19.6 Å². The maximum atomic E-state index is 12.6. The summed E-state index contributed by atoms with van der Waals surface area (Å²) < 4.78 is 0. The predicted octanol–water partition coefficient (Wildman–Crippen LogP) is 2.17. The van der Waals surface area contributed by atoms with E-state index < -0.39 is 17.8 Å². The SMILES string of the molecule is CCN1CCN(C(=O)N[C@H](c2ccccc2)C(C)(C)C)C(=O)C1=O. The van der Waals surface area contributed by atoms with Crippen molar-refractivity contribution in [3.8, 4) is 0 Å². The topological polar surface area (TPSA) is 69.7 Å². The first-order valence-electron chi connectivity index (χ1n) is 8.22. The van der Waals surface area contributed by atoms with Gasteiger partial charge in [-0.15, -0.1) is 0 Å². The van der Waals surface area contributed by atoms with Crippen molar-refractivity contribution < 1.29 is 14.4 Å². The Labute approximate surface area is 142 Å². The van der Waals surface area contributed by atoms with E-state index in [2.05, 4.69) is 5.32 Å².